The number of hydrogen-bond acceptors (Lipinski definition) is 5. The smallest absolute Gasteiger partial charge is 0.226 e. The Morgan fingerprint density at radius 1 is 1.03 bits per heavy atom. The van der Waals surface area contributed by atoms with Gasteiger partial charge in [-0.3, -0.25) is 14.7 Å². The van der Waals surface area contributed by atoms with E-state index in [-0.39, 0.29) is 29.6 Å². The minimum atomic E-state index is -0.443. The molecule has 1 aliphatic rings. The van der Waals surface area contributed by atoms with Crippen molar-refractivity contribution in [2.75, 3.05) is 54.4 Å². The van der Waals surface area contributed by atoms with Crippen LogP contribution in [0.2, 0.25) is 0 Å². The number of likely N-dealkylation sites (N-methyl/N-ethyl adjacent to an activating group) is 2. The predicted octanol–water partition coefficient (Wildman–Crippen LogP) is 3.43. The van der Waals surface area contributed by atoms with Gasteiger partial charge in [0, 0.05) is 76.3 Å². The van der Waals surface area contributed by atoms with Crippen molar-refractivity contribution in [1.82, 2.24) is 30.2 Å². The lowest BCUT2D eigenvalue weighted by Crippen LogP contribution is -2.53. The van der Waals surface area contributed by atoms with Gasteiger partial charge in [0.2, 0.25) is 11.8 Å². The van der Waals surface area contributed by atoms with Gasteiger partial charge in [0.15, 0.2) is 0 Å². The van der Waals surface area contributed by atoms with E-state index in [9.17, 15) is 9.59 Å². The quantitative estimate of drug-likeness (QED) is 0.456. The average molecular weight is 505 g/mol. The van der Waals surface area contributed by atoms with E-state index in [4.69, 9.17) is 0 Å². The Morgan fingerprint density at radius 2 is 1.53 bits per heavy atom. The molecular formula is C28H52N6O2. The fraction of sp³-hybridized carbons (Fsp3) is 0.821. The van der Waals surface area contributed by atoms with Crippen molar-refractivity contribution in [1.29, 1.82) is 0 Å². The largest absolute Gasteiger partial charge is 0.345 e. The van der Waals surface area contributed by atoms with E-state index >= 15 is 0 Å². The highest BCUT2D eigenvalue weighted by atomic mass is 16.2. The molecule has 0 bridgehead atoms. The van der Waals surface area contributed by atoms with E-state index in [1.165, 1.54) is 0 Å². The number of amides is 2. The van der Waals surface area contributed by atoms with Crippen LogP contribution >= 0.6 is 0 Å². The predicted molar refractivity (Wildman–Crippen MR) is 147 cm³/mol. The van der Waals surface area contributed by atoms with Gasteiger partial charge >= 0.3 is 0 Å². The lowest BCUT2D eigenvalue weighted by molar-refractivity contribution is -0.151. The van der Waals surface area contributed by atoms with Crippen LogP contribution in [-0.2, 0) is 16.1 Å². The summed E-state index contributed by atoms with van der Waals surface area (Å²) in [5, 5.41) is 11.0. The van der Waals surface area contributed by atoms with E-state index in [1.54, 1.807) is 0 Å². The number of H-pyrrole nitrogens is 1. The second-order valence-electron chi connectivity index (χ2n) is 12.5. The molecule has 2 rings (SSSR count). The second kappa shape index (κ2) is 13.0. The molecule has 8 heteroatoms. The Bertz CT molecular complexity index is 809. The summed E-state index contributed by atoms with van der Waals surface area (Å²) >= 11 is 0. The van der Waals surface area contributed by atoms with Gasteiger partial charge in [0.1, 0.15) is 0 Å². The maximum atomic E-state index is 13.8. The zero-order chi connectivity index (χ0) is 27.2. The summed E-state index contributed by atoms with van der Waals surface area (Å²) in [4.78, 5) is 33.7. The summed E-state index contributed by atoms with van der Waals surface area (Å²) in [5.41, 5.74) is 1.72. The SMILES string of the molecule is CNCCN(C)Cc1c[nH]nc1C1C[C@H](C(=O)N(C)CC(C)C)C(C)(C)[C@H](C(=O)N(C)CC(C)C)C1. The van der Waals surface area contributed by atoms with E-state index in [0.29, 0.717) is 37.8 Å². The summed E-state index contributed by atoms with van der Waals surface area (Å²) in [6.07, 6.45) is 3.41. The fourth-order valence-corrected chi connectivity index (χ4v) is 5.86. The van der Waals surface area contributed by atoms with Gasteiger partial charge in [-0.15, -0.1) is 0 Å². The van der Waals surface area contributed by atoms with Crippen molar-refractivity contribution in [3.63, 3.8) is 0 Å². The van der Waals surface area contributed by atoms with Crippen LogP contribution in [0.25, 0.3) is 0 Å². The summed E-state index contributed by atoms with van der Waals surface area (Å²) in [6, 6.07) is 0. The normalized spacial score (nSPS) is 21.9. The van der Waals surface area contributed by atoms with Crippen LogP contribution in [0, 0.1) is 29.1 Å². The van der Waals surface area contributed by atoms with Gasteiger partial charge in [-0.25, -0.2) is 0 Å². The first-order valence-corrected chi connectivity index (χ1v) is 13.6. The number of nitrogens with zero attached hydrogens (tertiary/aromatic N) is 4. The van der Waals surface area contributed by atoms with Gasteiger partial charge < -0.3 is 20.0 Å². The average Bonchev–Trinajstić information content (AvgIpc) is 3.23. The molecule has 0 saturated heterocycles. The van der Waals surface area contributed by atoms with E-state index < -0.39 is 5.41 Å². The molecule has 1 aromatic rings. The Kier molecular flexibility index (Phi) is 11.0. The zero-order valence-electron chi connectivity index (χ0n) is 24.5. The number of aromatic amines is 1. The molecule has 1 aromatic heterocycles. The lowest BCUT2D eigenvalue weighted by Gasteiger charge is -2.48. The maximum absolute atomic E-state index is 13.8. The summed E-state index contributed by atoms with van der Waals surface area (Å²) in [6.45, 7) is 16.8. The third kappa shape index (κ3) is 7.54. The summed E-state index contributed by atoms with van der Waals surface area (Å²) in [7, 11) is 7.88. The highest BCUT2D eigenvalue weighted by molar-refractivity contribution is 5.84. The van der Waals surface area contributed by atoms with Gasteiger partial charge in [0.05, 0.1) is 5.69 Å². The standard InChI is InChI=1S/C28H52N6O2/c1-19(2)16-33(9)26(35)23-13-21(25-22(15-30-31-25)18-32(8)12-11-29-7)14-24(28(23,5)6)27(36)34(10)17-20(3)4/h15,19-21,23-24,29H,11-14,16-18H2,1-10H3,(H,30,31)/t21?,23-,24+. The van der Waals surface area contributed by atoms with E-state index in [0.717, 1.165) is 30.9 Å². The zero-order valence-corrected chi connectivity index (χ0v) is 24.5. The molecule has 1 fully saturated rings. The Hall–Kier alpha value is -1.93. The Morgan fingerprint density at radius 3 is 1.97 bits per heavy atom. The first kappa shape index (κ1) is 30.3. The number of rotatable bonds is 12. The van der Waals surface area contributed by atoms with Crippen molar-refractivity contribution in [3.8, 4) is 0 Å². The van der Waals surface area contributed by atoms with Crippen LogP contribution in [-0.4, -0.2) is 91.1 Å². The number of carbonyl (C=O) groups is 2. The van der Waals surface area contributed by atoms with Crippen molar-refractivity contribution < 1.29 is 9.59 Å². The maximum Gasteiger partial charge on any atom is 0.226 e. The van der Waals surface area contributed by atoms with Crippen LogP contribution in [0.15, 0.2) is 6.20 Å². The van der Waals surface area contributed by atoms with Crippen LogP contribution in [0.3, 0.4) is 0 Å². The third-order valence-electron chi connectivity index (χ3n) is 7.79. The van der Waals surface area contributed by atoms with Crippen molar-refractivity contribution >= 4 is 11.8 Å². The molecule has 1 unspecified atom stereocenters. The molecule has 0 spiro atoms. The Balaban J connectivity index is 2.41. The van der Waals surface area contributed by atoms with Crippen LogP contribution in [0.4, 0.5) is 0 Å². The van der Waals surface area contributed by atoms with Crippen molar-refractivity contribution in [2.45, 2.75) is 66.8 Å². The van der Waals surface area contributed by atoms with Crippen LogP contribution < -0.4 is 5.32 Å². The molecule has 0 radical (unpaired) electrons. The first-order chi connectivity index (χ1) is 16.8. The fourth-order valence-electron chi connectivity index (χ4n) is 5.86. The van der Waals surface area contributed by atoms with Gasteiger partial charge in [-0.1, -0.05) is 41.5 Å². The van der Waals surface area contributed by atoms with Crippen molar-refractivity contribution in [3.05, 3.63) is 17.5 Å². The second-order valence-corrected chi connectivity index (χ2v) is 12.5. The molecule has 1 saturated carbocycles. The molecule has 3 atom stereocenters. The summed E-state index contributed by atoms with van der Waals surface area (Å²) < 4.78 is 0. The molecule has 206 valence electrons. The monoisotopic (exact) mass is 504 g/mol. The van der Waals surface area contributed by atoms with Gasteiger partial charge in [-0.2, -0.15) is 5.10 Å². The minimum Gasteiger partial charge on any atom is -0.345 e. The molecule has 36 heavy (non-hydrogen) atoms. The first-order valence-electron chi connectivity index (χ1n) is 13.6. The Labute approximate surface area is 219 Å². The number of aromatic nitrogens is 2. The molecular weight excluding hydrogens is 452 g/mol. The number of nitrogens with one attached hydrogen (secondary N) is 2. The van der Waals surface area contributed by atoms with E-state index in [2.05, 4.69) is 69.0 Å². The van der Waals surface area contributed by atoms with E-state index in [1.807, 2.05) is 37.1 Å². The molecule has 2 N–H and O–H groups in total. The molecule has 8 nitrogen and oxygen atoms in total. The molecule has 1 heterocycles. The third-order valence-corrected chi connectivity index (χ3v) is 7.79. The topological polar surface area (TPSA) is 84.6 Å². The highest BCUT2D eigenvalue weighted by Gasteiger charge is 2.52. The molecule has 0 aliphatic heterocycles. The van der Waals surface area contributed by atoms with Gasteiger partial charge in [-0.05, 0) is 44.2 Å². The lowest BCUT2D eigenvalue weighted by atomic mass is 9.57. The summed E-state index contributed by atoms with van der Waals surface area (Å²) in [5.74, 6) is 0.641. The van der Waals surface area contributed by atoms with Crippen molar-refractivity contribution in [2.24, 2.45) is 29.1 Å². The molecule has 0 aromatic carbocycles. The number of hydrogen-bond donors (Lipinski definition) is 2. The molecule has 1 aliphatic carbocycles. The van der Waals surface area contributed by atoms with Gasteiger partial charge in [0.25, 0.3) is 0 Å². The molecule has 2 amide bonds. The number of carbonyl (C=O) groups excluding carboxylic acids is 2. The van der Waals surface area contributed by atoms with Crippen LogP contribution in [0.5, 0.6) is 0 Å². The van der Waals surface area contributed by atoms with Crippen LogP contribution in [0.1, 0.15) is 71.6 Å². The highest BCUT2D eigenvalue weighted by Crippen LogP contribution is 2.51. The minimum absolute atomic E-state index is 0.0553.